The van der Waals surface area contributed by atoms with E-state index in [2.05, 4.69) is 5.32 Å². The Morgan fingerprint density at radius 2 is 1.93 bits per heavy atom. The lowest BCUT2D eigenvalue weighted by Crippen LogP contribution is -2.45. The van der Waals surface area contributed by atoms with Gasteiger partial charge in [0.1, 0.15) is 11.5 Å². The van der Waals surface area contributed by atoms with Gasteiger partial charge in [0, 0.05) is 13.0 Å². The molecule has 1 aliphatic heterocycles. The Hall–Kier alpha value is -3.02. The van der Waals surface area contributed by atoms with Crippen LogP contribution in [0.5, 0.6) is 11.5 Å². The SMILES string of the molecule is CCCOc1ccccc1NC(=O)CCN1C(=O)C(C)Oc2ccccc21. The second kappa shape index (κ2) is 8.58. The molecule has 1 aliphatic rings. The fraction of sp³-hybridized carbons (Fsp3) is 0.333. The lowest BCUT2D eigenvalue weighted by atomic mass is 10.1. The molecule has 0 fully saturated rings. The average Bonchev–Trinajstić information content (AvgIpc) is 2.67. The number of nitrogens with one attached hydrogen (secondary N) is 1. The number of amides is 2. The van der Waals surface area contributed by atoms with Crippen molar-refractivity contribution in [2.45, 2.75) is 32.8 Å². The first-order chi connectivity index (χ1) is 13.1. The van der Waals surface area contributed by atoms with Crippen LogP contribution in [0.25, 0.3) is 0 Å². The van der Waals surface area contributed by atoms with E-state index in [1.165, 1.54) is 0 Å². The van der Waals surface area contributed by atoms with Crippen molar-refractivity contribution in [1.82, 2.24) is 0 Å². The summed E-state index contributed by atoms with van der Waals surface area (Å²) in [6, 6.07) is 14.7. The third-order valence-electron chi connectivity index (χ3n) is 4.26. The maximum absolute atomic E-state index is 12.5. The van der Waals surface area contributed by atoms with Crippen molar-refractivity contribution in [3.05, 3.63) is 48.5 Å². The van der Waals surface area contributed by atoms with Crippen LogP contribution in [-0.2, 0) is 9.59 Å². The summed E-state index contributed by atoms with van der Waals surface area (Å²) in [5.41, 5.74) is 1.33. The van der Waals surface area contributed by atoms with Crippen LogP contribution in [0.1, 0.15) is 26.7 Å². The van der Waals surface area contributed by atoms with Gasteiger partial charge in [0.25, 0.3) is 5.91 Å². The van der Waals surface area contributed by atoms with Gasteiger partial charge in [-0.25, -0.2) is 0 Å². The van der Waals surface area contributed by atoms with Crippen LogP contribution in [0.4, 0.5) is 11.4 Å². The summed E-state index contributed by atoms with van der Waals surface area (Å²) in [7, 11) is 0. The molecule has 6 nitrogen and oxygen atoms in total. The Morgan fingerprint density at radius 3 is 2.74 bits per heavy atom. The molecule has 1 N–H and O–H groups in total. The van der Waals surface area contributed by atoms with Gasteiger partial charge in [0.05, 0.1) is 18.0 Å². The van der Waals surface area contributed by atoms with Gasteiger partial charge >= 0.3 is 0 Å². The Kier molecular flexibility index (Phi) is 5.96. The fourth-order valence-corrected chi connectivity index (χ4v) is 2.92. The van der Waals surface area contributed by atoms with Gasteiger partial charge in [-0.3, -0.25) is 9.59 Å². The second-order valence-electron chi connectivity index (χ2n) is 6.36. The topological polar surface area (TPSA) is 67.9 Å². The van der Waals surface area contributed by atoms with E-state index in [-0.39, 0.29) is 24.8 Å². The fourth-order valence-electron chi connectivity index (χ4n) is 2.92. The molecular formula is C21H24N2O4. The molecule has 0 bridgehead atoms. The number of anilines is 2. The molecule has 0 aromatic heterocycles. The van der Waals surface area contributed by atoms with E-state index in [1.54, 1.807) is 17.9 Å². The molecule has 0 saturated heterocycles. The number of hydrogen-bond acceptors (Lipinski definition) is 4. The highest BCUT2D eigenvalue weighted by atomic mass is 16.5. The lowest BCUT2D eigenvalue weighted by molar-refractivity contribution is -0.125. The molecule has 0 radical (unpaired) electrons. The number of ether oxygens (including phenoxy) is 2. The minimum Gasteiger partial charge on any atom is -0.491 e. The molecule has 0 spiro atoms. The maximum Gasteiger partial charge on any atom is 0.267 e. The summed E-state index contributed by atoms with van der Waals surface area (Å²) in [5, 5.41) is 2.88. The van der Waals surface area contributed by atoms with Gasteiger partial charge in [-0.2, -0.15) is 0 Å². The zero-order chi connectivity index (χ0) is 19.2. The molecule has 3 rings (SSSR count). The van der Waals surface area contributed by atoms with E-state index in [0.29, 0.717) is 29.5 Å². The number of carbonyl (C=O) groups excluding carboxylic acids is 2. The number of nitrogens with zero attached hydrogens (tertiary/aromatic N) is 1. The van der Waals surface area contributed by atoms with Crippen molar-refractivity contribution in [2.24, 2.45) is 0 Å². The van der Waals surface area contributed by atoms with Gasteiger partial charge in [0.15, 0.2) is 6.10 Å². The highest BCUT2D eigenvalue weighted by Gasteiger charge is 2.31. The summed E-state index contributed by atoms with van der Waals surface area (Å²) in [5.74, 6) is 0.984. The summed E-state index contributed by atoms with van der Waals surface area (Å²) < 4.78 is 11.3. The Balaban J connectivity index is 1.65. The van der Waals surface area contributed by atoms with Crippen LogP contribution in [0, 0.1) is 0 Å². The van der Waals surface area contributed by atoms with E-state index >= 15 is 0 Å². The summed E-state index contributed by atoms with van der Waals surface area (Å²) >= 11 is 0. The first kappa shape index (κ1) is 18.8. The van der Waals surface area contributed by atoms with Crippen LogP contribution < -0.4 is 19.7 Å². The lowest BCUT2D eigenvalue weighted by Gasteiger charge is -2.32. The standard InChI is InChI=1S/C21H24N2O4/c1-3-14-26-18-10-6-4-8-16(18)22-20(24)12-13-23-17-9-5-7-11-19(17)27-15(2)21(23)25/h4-11,15H,3,12-14H2,1-2H3,(H,22,24). The van der Waals surface area contributed by atoms with Crippen molar-refractivity contribution < 1.29 is 19.1 Å². The minimum atomic E-state index is -0.564. The molecule has 2 amide bonds. The van der Waals surface area contributed by atoms with Crippen LogP contribution in [0.3, 0.4) is 0 Å². The van der Waals surface area contributed by atoms with Crippen molar-refractivity contribution in [3.8, 4) is 11.5 Å². The Bertz CT molecular complexity index is 821. The molecule has 2 aromatic carbocycles. The molecule has 0 saturated carbocycles. The Labute approximate surface area is 159 Å². The van der Waals surface area contributed by atoms with Gasteiger partial charge < -0.3 is 19.7 Å². The van der Waals surface area contributed by atoms with Gasteiger partial charge in [0.2, 0.25) is 5.91 Å². The predicted molar refractivity (Wildman–Crippen MR) is 104 cm³/mol. The molecule has 6 heteroatoms. The molecular weight excluding hydrogens is 344 g/mol. The minimum absolute atomic E-state index is 0.145. The highest BCUT2D eigenvalue weighted by Crippen LogP contribution is 2.33. The second-order valence-corrected chi connectivity index (χ2v) is 6.36. The number of rotatable bonds is 7. The number of para-hydroxylation sites is 4. The molecule has 1 atom stereocenters. The van der Waals surface area contributed by atoms with Crippen molar-refractivity contribution in [1.29, 1.82) is 0 Å². The van der Waals surface area contributed by atoms with Gasteiger partial charge in [-0.15, -0.1) is 0 Å². The maximum atomic E-state index is 12.5. The van der Waals surface area contributed by atoms with E-state index in [1.807, 2.05) is 49.4 Å². The summed E-state index contributed by atoms with van der Waals surface area (Å²) in [4.78, 5) is 26.5. The number of fused-ring (bicyclic) bond motifs is 1. The molecule has 2 aromatic rings. The van der Waals surface area contributed by atoms with Gasteiger partial charge in [-0.05, 0) is 37.6 Å². The molecule has 27 heavy (non-hydrogen) atoms. The van der Waals surface area contributed by atoms with E-state index in [0.717, 1.165) is 6.42 Å². The van der Waals surface area contributed by atoms with Gasteiger partial charge in [-0.1, -0.05) is 31.2 Å². The summed E-state index contributed by atoms with van der Waals surface area (Å²) in [6.07, 6.45) is 0.500. The van der Waals surface area contributed by atoms with Crippen LogP contribution in [0.2, 0.25) is 0 Å². The number of carbonyl (C=O) groups is 2. The van der Waals surface area contributed by atoms with E-state index < -0.39 is 6.10 Å². The molecule has 1 heterocycles. The van der Waals surface area contributed by atoms with Crippen molar-refractivity contribution in [3.63, 3.8) is 0 Å². The van der Waals surface area contributed by atoms with E-state index in [4.69, 9.17) is 9.47 Å². The first-order valence-corrected chi connectivity index (χ1v) is 9.19. The third kappa shape index (κ3) is 4.39. The first-order valence-electron chi connectivity index (χ1n) is 9.19. The molecule has 142 valence electrons. The predicted octanol–water partition coefficient (Wildman–Crippen LogP) is 3.62. The smallest absolute Gasteiger partial charge is 0.267 e. The zero-order valence-corrected chi connectivity index (χ0v) is 15.6. The van der Waals surface area contributed by atoms with E-state index in [9.17, 15) is 9.59 Å². The van der Waals surface area contributed by atoms with Crippen molar-refractivity contribution >= 4 is 23.2 Å². The van der Waals surface area contributed by atoms with Crippen molar-refractivity contribution in [2.75, 3.05) is 23.4 Å². The van der Waals surface area contributed by atoms with Crippen LogP contribution in [0.15, 0.2) is 48.5 Å². The third-order valence-corrected chi connectivity index (χ3v) is 4.26. The van der Waals surface area contributed by atoms with Crippen LogP contribution >= 0.6 is 0 Å². The quantitative estimate of drug-likeness (QED) is 0.811. The Morgan fingerprint density at radius 1 is 1.19 bits per heavy atom. The average molecular weight is 368 g/mol. The summed E-state index contributed by atoms with van der Waals surface area (Å²) in [6.45, 7) is 4.61. The zero-order valence-electron chi connectivity index (χ0n) is 15.6. The monoisotopic (exact) mass is 368 g/mol. The highest BCUT2D eigenvalue weighted by molar-refractivity contribution is 6.01. The van der Waals surface area contributed by atoms with Crippen LogP contribution in [-0.4, -0.2) is 31.1 Å². The molecule has 0 aliphatic carbocycles. The number of benzene rings is 2. The molecule has 1 unspecified atom stereocenters. The largest absolute Gasteiger partial charge is 0.491 e. The normalized spacial score (nSPS) is 15.7. The number of hydrogen-bond donors (Lipinski definition) is 1.